The minimum atomic E-state index is -0.562. The first-order chi connectivity index (χ1) is 8.75. The Hall–Kier alpha value is -1.56. The lowest BCUT2D eigenvalue weighted by atomic mass is 9.96. The van der Waals surface area contributed by atoms with E-state index in [1.165, 1.54) is 0 Å². The molecule has 1 aromatic rings. The van der Waals surface area contributed by atoms with Crippen LogP contribution in [0, 0.1) is 5.41 Å². The third-order valence-corrected chi connectivity index (χ3v) is 3.00. The van der Waals surface area contributed by atoms with Crippen LogP contribution in [0.15, 0.2) is 22.7 Å². The predicted molar refractivity (Wildman–Crippen MR) is 75.8 cm³/mol. The largest absolute Gasteiger partial charge is 0.496 e. The van der Waals surface area contributed by atoms with Crippen LogP contribution in [-0.4, -0.2) is 18.9 Å². The minimum Gasteiger partial charge on any atom is -0.496 e. The van der Waals surface area contributed by atoms with E-state index in [-0.39, 0.29) is 11.8 Å². The molecule has 19 heavy (non-hydrogen) atoms. The molecular formula is C13H17BrN2O3. The molecule has 0 atom stereocenters. The van der Waals surface area contributed by atoms with E-state index in [1.54, 1.807) is 46.1 Å². The van der Waals surface area contributed by atoms with Crippen molar-refractivity contribution in [2.45, 2.75) is 20.8 Å². The van der Waals surface area contributed by atoms with Crippen LogP contribution in [0.2, 0.25) is 0 Å². The van der Waals surface area contributed by atoms with Crippen molar-refractivity contribution < 1.29 is 14.3 Å². The van der Waals surface area contributed by atoms with E-state index in [1.807, 2.05) is 0 Å². The number of rotatable bonds is 2. The molecule has 1 rings (SSSR count). The lowest BCUT2D eigenvalue weighted by Crippen LogP contribution is -2.46. The average molecular weight is 329 g/mol. The summed E-state index contributed by atoms with van der Waals surface area (Å²) < 4.78 is 5.75. The summed E-state index contributed by atoms with van der Waals surface area (Å²) in [5, 5.41) is 0. The number of hydrogen-bond acceptors (Lipinski definition) is 3. The van der Waals surface area contributed by atoms with Crippen molar-refractivity contribution in [2.24, 2.45) is 5.41 Å². The summed E-state index contributed by atoms with van der Waals surface area (Å²) in [5.41, 5.74) is 4.61. The number of methoxy groups -OCH3 is 1. The SMILES string of the molecule is COc1ccc(C(=O)NNC(=O)C(C)(C)C)cc1Br. The number of benzene rings is 1. The maximum atomic E-state index is 11.8. The molecule has 0 spiro atoms. The van der Waals surface area contributed by atoms with Gasteiger partial charge in [-0.15, -0.1) is 0 Å². The Morgan fingerprint density at radius 2 is 1.84 bits per heavy atom. The van der Waals surface area contributed by atoms with Gasteiger partial charge in [0.25, 0.3) is 5.91 Å². The van der Waals surface area contributed by atoms with Crippen molar-refractivity contribution >= 4 is 27.7 Å². The van der Waals surface area contributed by atoms with Gasteiger partial charge in [-0.05, 0) is 34.1 Å². The molecule has 0 bridgehead atoms. The second-order valence-corrected chi connectivity index (χ2v) is 5.86. The second kappa shape index (κ2) is 6.06. The van der Waals surface area contributed by atoms with Crippen molar-refractivity contribution in [3.63, 3.8) is 0 Å². The predicted octanol–water partition coefficient (Wildman–Crippen LogP) is 2.26. The Kier molecular flexibility index (Phi) is 4.94. The van der Waals surface area contributed by atoms with E-state index in [4.69, 9.17) is 4.74 Å². The monoisotopic (exact) mass is 328 g/mol. The summed E-state index contributed by atoms with van der Waals surface area (Å²) >= 11 is 3.30. The van der Waals surface area contributed by atoms with Gasteiger partial charge in [-0.3, -0.25) is 20.4 Å². The van der Waals surface area contributed by atoms with Crippen molar-refractivity contribution in [3.8, 4) is 5.75 Å². The van der Waals surface area contributed by atoms with E-state index in [0.29, 0.717) is 15.8 Å². The van der Waals surface area contributed by atoms with Gasteiger partial charge in [0.15, 0.2) is 0 Å². The third kappa shape index (κ3) is 4.24. The first kappa shape index (κ1) is 15.5. The highest BCUT2D eigenvalue weighted by Gasteiger charge is 2.21. The van der Waals surface area contributed by atoms with Crippen molar-refractivity contribution in [3.05, 3.63) is 28.2 Å². The molecule has 104 valence electrons. The summed E-state index contributed by atoms with van der Waals surface area (Å²) in [5.74, 6) is -0.00958. The van der Waals surface area contributed by atoms with Gasteiger partial charge in [-0.2, -0.15) is 0 Å². The summed E-state index contributed by atoms with van der Waals surface area (Å²) in [7, 11) is 1.55. The van der Waals surface area contributed by atoms with Crippen LogP contribution < -0.4 is 15.6 Å². The van der Waals surface area contributed by atoms with Gasteiger partial charge in [0.2, 0.25) is 5.91 Å². The average Bonchev–Trinajstić information content (AvgIpc) is 2.34. The van der Waals surface area contributed by atoms with Crippen LogP contribution in [0.3, 0.4) is 0 Å². The standard InChI is InChI=1S/C13H17BrN2O3/c1-13(2,3)12(18)16-15-11(17)8-5-6-10(19-4)9(14)7-8/h5-7H,1-4H3,(H,15,17)(H,16,18). The lowest BCUT2D eigenvalue weighted by molar-refractivity contribution is -0.129. The topological polar surface area (TPSA) is 67.4 Å². The van der Waals surface area contributed by atoms with Gasteiger partial charge in [-0.1, -0.05) is 20.8 Å². The highest BCUT2D eigenvalue weighted by atomic mass is 79.9. The zero-order valence-electron chi connectivity index (χ0n) is 11.3. The summed E-state index contributed by atoms with van der Waals surface area (Å²) in [4.78, 5) is 23.5. The first-order valence-corrected chi connectivity index (χ1v) is 6.49. The number of ether oxygens (including phenoxy) is 1. The van der Waals surface area contributed by atoms with Gasteiger partial charge < -0.3 is 4.74 Å². The molecule has 0 aliphatic carbocycles. The molecule has 2 amide bonds. The number of carbonyl (C=O) groups is 2. The highest BCUT2D eigenvalue weighted by molar-refractivity contribution is 9.10. The number of amides is 2. The fraction of sp³-hybridized carbons (Fsp3) is 0.385. The number of halogens is 1. The summed E-state index contributed by atoms with van der Waals surface area (Å²) in [6, 6.07) is 4.91. The molecule has 6 heteroatoms. The second-order valence-electron chi connectivity index (χ2n) is 5.01. The van der Waals surface area contributed by atoms with Gasteiger partial charge in [0, 0.05) is 11.0 Å². The molecule has 0 fully saturated rings. The Morgan fingerprint density at radius 3 is 2.32 bits per heavy atom. The van der Waals surface area contributed by atoms with Crippen LogP contribution in [0.1, 0.15) is 31.1 Å². The van der Waals surface area contributed by atoms with E-state index < -0.39 is 5.41 Å². The lowest BCUT2D eigenvalue weighted by Gasteiger charge is -2.18. The van der Waals surface area contributed by atoms with Crippen molar-refractivity contribution in [1.82, 2.24) is 10.9 Å². The zero-order valence-corrected chi connectivity index (χ0v) is 12.9. The van der Waals surface area contributed by atoms with E-state index in [0.717, 1.165) is 0 Å². The van der Waals surface area contributed by atoms with E-state index in [9.17, 15) is 9.59 Å². The van der Waals surface area contributed by atoms with Crippen LogP contribution in [0.5, 0.6) is 5.75 Å². The molecule has 1 aromatic carbocycles. The fourth-order valence-corrected chi connectivity index (χ4v) is 1.72. The molecule has 0 radical (unpaired) electrons. The third-order valence-electron chi connectivity index (χ3n) is 2.38. The number of carbonyl (C=O) groups excluding carboxylic acids is 2. The van der Waals surface area contributed by atoms with Gasteiger partial charge >= 0.3 is 0 Å². The van der Waals surface area contributed by atoms with Crippen LogP contribution in [0.4, 0.5) is 0 Å². The van der Waals surface area contributed by atoms with Gasteiger partial charge in [0.1, 0.15) is 5.75 Å². The molecule has 5 nitrogen and oxygen atoms in total. The summed E-state index contributed by atoms with van der Waals surface area (Å²) in [6.07, 6.45) is 0. The fourth-order valence-electron chi connectivity index (χ4n) is 1.18. The van der Waals surface area contributed by atoms with Crippen LogP contribution in [-0.2, 0) is 4.79 Å². The van der Waals surface area contributed by atoms with Crippen molar-refractivity contribution in [2.75, 3.05) is 7.11 Å². The van der Waals surface area contributed by atoms with Crippen LogP contribution >= 0.6 is 15.9 Å². The molecule has 0 saturated heterocycles. The molecule has 0 aromatic heterocycles. The van der Waals surface area contributed by atoms with E-state index in [2.05, 4.69) is 26.8 Å². The highest BCUT2D eigenvalue weighted by Crippen LogP contribution is 2.25. The maximum absolute atomic E-state index is 11.8. The molecule has 0 heterocycles. The normalized spacial score (nSPS) is 10.8. The number of nitrogens with one attached hydrogen (secondary N) is 2. The number of hydrazine groups is 1. The zero-order chi connectivity index (χ0) is 14.6. The Bertz CT molecular complexity index is 495. The number of hydrogen-bond donors (Lipinski definition) is 2. The molecule has 2 N–H and O–H groups in total. The Morgan fingerprint density at radius 1 is 1.21 bits per heavy atom. The smallest absolute Gasteiger partial charge is 0.269 e. The molecule has 0 saturated carbocycles. The van der Waals surface area contributed by atoms with Crippen molar-refractivity contribution in [1.29, 1.82) is 0 Å². The van der Waals surface area contributed by atoms with Crippen LogP contribution in [0.25, 0.3) is 0 Å². The quantitative estimate of drug-likeness (QED) is 0.818. The summed E-state index contributed by atoms with van der Waals surface area (Å²) in [6.45, 7) is 5.29. The first-order valence-electron chi connectivity index (χ1n) is 5.70. The maximum Gasteiger partial charge on any atom is 0.269 e. The van der Waals surface area contributed by atoms with Gasteiger partial charge in [0.05, 0.1) is 11.6 Å². The molecular weight excluding hydrogens is 312 g/mol. The van der Waals surface area contributed by atoms with Gasteiger partial charge in [-0.25, -0.2) is 0 Å². The Balaban J connectivity index is 2.69. The minimum absolute atomic E-state index is 0.256. The molecule has 0 unspecified atom stereocenters. The molecule has 0 aliphatic heterocycles. The van der Waals surface area contributed by atoms with E-state index >= 15 is 0 Å². The molecule has 0 aliphatic rings. The Labute approximate surface area is 120 Å².